The Bertz CT molecular complexity index is 474. The minimum atomic E-state index is -0.876. The van der Waals surface area contributed by atoms with Crippen molar-refractivity contribution in [3.8, 4) is 0 Å². The lowest BCUT2D eigenvalue weighted by atomic mass is 9.75. The van der Waals surface area contributed by atoms with Crippen LogP contribution in [0.15, 0.2) is 18.2 Å². The van der Waals surface area contributed by atoms with Gasteiger partial charge in [0.05, 0.1) is 0 Å². The zero-order valence-corrected chi connectivity index (χ0v) is 12.2. The molecule has 110 valence electrons. The van der Waals surface area contributed by atoms with Crippen molar-refractivity contribution >= 4 is 5.78 Å². The Morgan fingerprint density at radius 1 is 1.15 bits per heavy atom. The topological polar surface area (TPSA) is 17.1 Å². The van der Waals surface area contributed by atoms with Gasteiger partial charge >= 0.3 is 0 Å². The summed E-state index contributed by atoms with van der Waals surface area (Å²) in [5, 5.41) is 0. The number of hydrogen-bond donors (Lipinski definition) is 0. The zero-order chi connectivity index (χ0) is 14.7. The highest BCUT2D eigenvalue weighted by atomic mass is 19.2. The molecule has 0 spiro atoms. The molecule has 3 heteroatoms. The van der Waals surface area contributed by atoms with Crippen molar-refractivity contribution in [2.75, 3.05) is 0 Å². The van der Waals surface area contributed by atoms with E-state index in [-0.39, 0.29) is 18.1 Å². The van der Waals surface area contributed by atoms with Gasteiger partial charge in [-0.1, -0.05) is 19.9 Å². The van der Waals surface area contributed by atoms with Gasteiger partial charge < -0.3 is 0 Å². The van der Waals surface area contributed by atoms with E-state index in [4.69, 9.17) is 0 Å². The van der Waals surface area contributed by atoms with Crippen LogP contribution >= 0.6 is 0 Å². The molecule has 2 rings (SSSR count). The van der Waals surface area contributed by atoms with Crippen LogP contribution in [0.3, 0.4) is 0 Å². The summed E-state index contributed by atoms with van der Waals surface area (Å²) in [7, 11) is 0. The van der Waals surface area contributed by atoms with Gasteiger partial charge in [-0.05, 0) is 55.2 Å². The second-order valence-electron chi connectivity index (χ2n) is 6.25. The molecule has 1 saturated carbocycles. The Hall–Kier alpha value is -1.25. The number of Topliss-reactive ketones (excluding diaryl/α,β-unsaturated/α-hetero) is 1. The number of carbonyl (C=O) groups is 1. The van der Waals surface area contributed by atoms with Gasteiger partial charge in [0.1, 0.15) is 5.78 Å². The summed E-state index contributed by atoms with van der Waals surface area (Å²) in [4.78, 5) is 12.2. The SMILES string of the molecule is CC(C)C1CCC(C(=O)Cc2ccc(F)c(F)c2)CC1. The van der Waals surface area contributed by atoms with Crippen molar-refractivity contribution in [2.24, 2.45) is 17.8 Å². The molecule has 1 aliphatic rings. The van der Waals surface area contributed by atoms with Crippen molar-refractivity contribution in [2.45, 2.75) is 46.0 Å². The molecule has 0 bridgehead atoms. The molecule has 0 aliphatic heterocycles. The molecule has 1 aliphatic carbocycles. The second kappa shape index (κ2) is 6.47. The summed E-state index contributed by atoms with van der Waals surface area (Å²) < 4.78 is 26.0. The first-order valence-corrected chi connectivity index (χ1v) is 7.44. The molecular formula is C17H22F2O. The van der Waals surface area contributed by atoms with Gasteiger partial charge in [0.15, 0.2) is 11.6 Å². The van der Waals surface area contributed by atoms with E-state index in [0.29, 0.717) is 11.5 Å². The van der Waals surface area contributed by atoms with Crippen LogP contribution in [0.1, 0.15) is 45.1 Å². The zero-order valence-electron chi connectivity index (χ0n) is 12.2. The van der Waals surface area contributed by atoms with Crippen molar-refractivity contribution in [1.82, 2.24) is 0 Å². The maximum atomic E-state index is 13.1. The van der Waals surface area contributed by atoms with Gasteiger partial charge in [-0.25, -0.2) is 8.78 Å². The van der Waals surface area contributed by atoms with Gasteiger partial charge in [-0.15, -0.1) is 0 Å². The van der Waals surface area contributed by atoms with E-state index >= 15 is 0 Å². The Balaban J connectivity index is 1.91. The average molecular weight is 280 g/mol. The summed E-state index contributed by atoms with van der Waals surface area (Å²) in [6, 6.07) is 3.72. The molecule has 0 unspecified atom stereocenters. The molecule has 20 heavy (non-hydrogen) atoms. The highest BCUT2D eigenvalue weighted by molar-refractivity contribution is 5.83. The normalized spacial score (nSPS) is 23.1. The molecule has 0 radical (unpaired) electrons. The molecule has 0 amide bonds. The molecule has 0 saturated heterocycles. The van der Waals surface area contributed by atoms with Crippen LogP contribution in [-0.2, 0) is 11.2 Å². The van der Waals surface area contributed by atoms with E-state index in [1.807, 2.05) is 0 Å². The van der Waals surface area contributed by atoms with Crippen molar-refractivity contribution in [3.63, 3.8) is 0 Å². The Labute approximate surface area is 119 Å². The molecule has 1 aromatic rings. The summed E-state index contributed by atoms with van der Waals surface area (Å²) in [5.74, 6) is -0.0756. The summed E-state index contributed by atoms with van der Waals surface area (Å²) in [5.41, 5.74) is 0.569. The number of ketones is 1. The van der Waals surface area contributed by atoms with E-state index in [9.17, 15) is 13.6 Å². The quantitative estimate of drug-likeness (QED) is 0.791. The summed E-state index contributed by atoms with van der Waals surface area (Å²) >= 11 is 0. The number of hydrogen-bond acceptors (Lipinski definition) is 1. The maximum Gasteiger partial charge on any atom is 0.159 e. The number of rotatable bonds is 4. The molecule has 0 heterocycles. The highest BCUT2D eigenvalue weighted by Crippen LogP contribution is 2.34. The Morgan fingerprint density at radius 3 is 2.35 bits per heavy atom. The summed E-state index contributed by atoms with van der Waals surface area (Å²) in [6.45, 7) is 4.46. The van der Waals surface area contributed by atoms with Crippen LogP contribution in [-0.4, -0.2) is 5.78 Å². The largest absolute Gasteiger partial charge is 0.299 e. The van der Waals surface area contributed by atoms with Crippen molar-refractivity contribution in [1.29, 1.82) is 0 Å². The summed E-state index contributed by atoms with van der Waals surface area (Å²) in [6.07, 6.45) is 4.29. The van der Waals surface area contributed by atoms with E-state index in [2.05, 4.69) is 13.8 Å². The van der Waals surface area contributed by atoms with Gasteiger partial charge in [0.2, 0.25) is 0 Å². The lowest BCUT2D eigenvalue weighted by Gasteiger charge is -2.30. The lowest BCUT2D eigenvalue weighted by Crippen LogP contribution is -2.25. The molecule has 1 fully saturated rings. The van der Waals surface area contributed by atoms with Crippen molar-refractivity contribution in [3.05, 3.63) is 35.4 Å². The van der Waals surface area contributed by atoms with Crippen LogP contribution in [0.5, 0.6) is 0 Å². The number of carbonyl (C=O) groups excluding carboxylic acids is 1. The minimum Gasteiger partial charge on any atom is -0.299 e. The maximum absolute atomic E-state index is 13.1. The molecule has 1 aromatic carbocycles. The molecule has 0 aromatic heterocycles. The average Bonchev–Trinajstić information content (AvgIpc) is 2.43. The predicted molar refractivity (Wildman–Crippen MR) is 75.4 cm³/mol. The lowest BCUT2D eigenvalue weighted by molar-refractivity contribution is -0.123. The number of benzene rings is 1. The molecule has 0 atom stereocenters. The minimum absolute atomic E-state index is 0.0955. The fourth-order valence-corrected chi connectivity index (χ4v) is 3.10. The van der Waals surface area contributed by atoms with Crippen LogP contribution in [0.25, 0.3) is 0 Å². The van der Waals surface area contributed by atoms with Gasteiger partial charge in [0, 0.05) is 12.3 Å². The second-order valence-corrected chi connectivity index (χ2v) is 6.25. The number of halogens is 2. The van der Waals surface area contributed by atoms with Crippen LogP contribution in [0.4, 0.5) is 8.78 Å². The van der Waals surface area contributed by atoms with Crippen LogP contribution in [0, 0.1) is 29.4 Å². The third-order valence-corrected chi connectivity index (χ3v) is 4.53. The first-order valence-electron chi connectivity index (χ1n) is 7.44. The van der Waals surface area contributed by atoms with E-state index < -0.39 is 11.6 Å². The van der Waals surface area contributed by atoms with E-state index in [1.165, 1.54) is 6.07 Å². The first-order chi connectivity index (χ1) is 9.47. The van der Waals surface area contributed by atoms with Crippen LogP contribution < -0.4 is 0 Å². The smallest absolute Gasteiger partial charge is 0.159 e. The highest BCUT2D eigenvalue weighted by Gasteiger charge is 2.27. The standard InChI is InChI=1S/C17H22F2O/c1-11(2)13-4-6-14(7-5-13)17(20)10-12-3-8-15(18)16(19)9-12/h3,8-9,11,13-14H,4-7,10H2,1-2H3. The monoisotopic (exact) mass is 280 g/mol. The van der Waals surface area contributed by atoms with Gasteiger partial charge in [0.25, 0.3) is 0 Å². The van der Waals surface area contributed by atoms with Gasteiger partial charge in [-0.3, -0.25) is 4.79 Å². The fourth-order valence-electron chi connectivity index (χ4n) is 3.10. The van der Waals surface area contributed by atoms with E-state index in [1.54, 1.807) is 0 Å². The Morgan fingerprint density at radius 2 is 1.80 bits per heavy atom. The van der Waals surface area contributed by atoms with Crippen LogP contribution in [0.2, 0.25) is 0 Å². The fraction of sp³-hybridized carbons (Fsp3) is 0.588. The molecular weight excluding hydrogens is 258 g/mol. The molecule has 1 nitrogen and oxygen atoms in total. The third-order valence-electron chi connectivity index (χ3n) is 4.53. The Kier molecular flexibility index (Phi) is 4.90. The molecule has 0 N–H and O–H groups in total. The van der Waals surface area contributed by atoms with Gasteiger partial charge in [-0.2, -0.15) is 0 Å². The third kappa shape index (κ3) is 3.65. The first kappa shape index (κ1) is 15.1. The van der Waals surface area contributed by atoms with Crippen molar-refractivity contribution < 1.29 is 13.6 Å². The predicted octanol–water partition coefficient (Wildman–Crippen LogP) is 4.54. The van der Waals surface area contributed by atoms with E-state index in [0.717, 1.165) is 43.7 Å².